The van der Waals surface area contributed by atoms with Gasteiger partial charge in [-0.1, -0.05) is 30.3 Å². The highest BCUT2D eigenvalue weighted by atomic mass is 16.2. The number of likely N-dealkylation sites (N-methyl/N-ethyl adjacent to an activating group) is 1. The van der Waals surface area contributed by atoms with Gasteiger partial charge in [-0.3, -0.25) is 4.79 Å². The molecule has 1 aliphatic rings. The SMILES string of the molecule is CN(C(=O)C(C#N)c1ccccc1)C1CCC1. The Labute approximate surface area is 102 Å². The molecule has 1 atom stereocenters. The van der Waals surface area contributed by atoms with E-state index in [1.807, 2.05) is 30.3 Å². The van der Waals surface area contributed by atoms with Crippen LogP contribution in [-0.4, -0.2) is 23.9 Å². The largest absolute Gasteiger partial charge is 0.341 e. The Balaban J connectivity index is 2.13. The Hall–Kier alpha value is -1.82. The molecule has 0 N–H and O–H groups in total. The summed E-state index contributed by atoms with van der Waals surface area (Å²) in [6, 6.07) is 11.7. The van der Waals surface area contributed by atoms with Crippen molar-refractivity contribution in [2.75, 3.05) is 7.05 Å². The van der Waals surface area contributed by atoms with E-state index in [9.17, 15) is 10.1 Å². The number of carbonyl (C=O) groups excluding carboxylic acids is 1. The zero-order valence-electron chi connectivity index (χ0n) is 9.97. The molecule has 0 aliphatic heterocycles. The van der Waals surface area contributed by atoms with Gasteiger partial charge in [0.1, 0.15) is 5.92 Å². The average Bonchev–Trinajstić information content (AvgIpc) is 2.29. The number of nitrogens with zero attached hydrogens (tertiary/aromatic N) is 2. The molecule has 1 aromatic carbocycles. The molecule has 0 spiro atoms. The maximum Gasteiger partial charge on any atom is 0.244 e. The summed E-state index contributed by atoms with van der Waals surface area (Å²) in [4.78, 5) is 14.0. The molecule has 3 heteroatoms. The second-order valence-electron chi connectivity index (χ2n) is 4.51. The van der Waals surface area contributed by atoms with Crippen LogP contribution >= 0.6 is 0 Å². The monoisotopic (exact) mass is 228 g/mol. The first-order valence-corrected chi connectivity index (χ1v) is 5.95. The Morgan fingerprint density at radius 1 is 1.41 bits per heavy atom. The lowest BCUT2D eigenvalue weighted by Gasteiger charge is -2.35. The van der Waals surface area contributed by atoms with E-state index in [-0.39, 0.29) is 5.91 Å². The van der Waals surface area contributed by atoms with Crippen LogP contribution in [-0.2, 0) is 4.79 Å². The quantitative estimate of drug-likeness (QED) is 0.796. The van der Waals surface area contributed by atoms with E-state index >= 15 is 0 Å². The first-order chi connectivity index (χ1) is 8.24. The number of hydrogen-bond acceptors (Lipinski definition) is 2. The summed E-state index contributed by atoms with van der Waals surface area (Å²) in [7, 11) is 1.80. The third-order valence-electron chi connectivity index (χ3n) is 3.48. The Morgan fingerprint density at radius 3 is 2.53 bits per heavy atom. The molecule has 88 valence electrons. The summed E-state index contributed by atoms with van der Waals surface area (Å²) in [5, 5.41) is 9.17. The molecule has 1 aromatic rings. The summed E-state index contributed by atoms with van der Waals surface area (Å²) >= 11 is 0. The minimum atomic E-state index is -0.665. The molecule has 3 nitrogen and oxygen atoms in total. The molecule has 2 rings (SSSR count). The van der Waals surface area contributed by atoms with Crippen molar-refractivity contribution in [1.29, 1.82) is 5.26 Å². The highest BCUT2D eigenvalue weighted by Crippen LogP contribution is 2.26. The smallest absolute Gasteiger partial charge is 0.244 e. The zero-order chi connectivity index (χ0) is 12.3. The number of amides is 1. The minimum Gasteiger partial charge on any atom is -0.341 e. The highest BCUT2D eigenvalue weighted by molar-refractivity contribution is 5.86. The number of carbonyl (C=O) groups is 1. The van der Waals surface area contributed by atoms with Crippen molar-refractivity contribution in [3.8, 4) is 6.07 Å². The van der Waals surface area contributed by atoms with Gasteiger partial charge < -0.3 is 4.90 Å². The number of hydrogen-bond donors (Lipinski definition) is 0. The molecule has 1 aliphatic carbocycles. The van der Waals surface area contributed by atoms with Gasteiger partial charge in [-0.15, -0.1) is 0 Å². The van der Waals surface area contributed by atoms with Gasteiger partial charge in [-0.25, -0.2) is 0 Å². The Kier molecular flexibility index (Phi) is 3.43. The van der Waals surface area contributed by atoms with Gasteiger partial charge in [-0.05, 0) is 24.8 Å². The van der Waals surface area contributed by atoms with Crippen molar-refractivity contribution in [1.82, 2.24) is 4.90 Å². The van der Waals surface area contributed by atoms with Crippen LogP contribution in [0.15, 0.2) is 30.3 Å². The zero-order valence-corrected chi connectivity index (χ0v) is 9.97. The van der Waals surface area contributed by atoms with Gasteiger partial charge in [0.25, 0.3) is 0 Å². The fraction of sp³-hybridized carbons (Fsp3) is 0.429. The minimum absolute atomic E-state index is 0.0802. The number of benzene rings is 1. The van der Waals surface area contributed by atoms with E-state index in [1.54, 1.807) is 11.9 Å². The van der Waals surface area contributed by atoms with Gasteiger partial charge in [0.15, 0.2) is 0 Å². The van der Waals surface area contributed by atoms with Gasteiger partial charge in [0, 0.05) is 13.1 Å². The van der Waals surface area contributed by atoms with E-state index in [0.717, 1.165) is 18.4 Å². The van der Waals surface area contributed by atoms with Gasteiger partial charge in [-0.2, -0.15) is 5.26 Å². The van der Waals surface area contributed by atoms with E-state index in [1.165, 1.54) is 6.42 Å². The summed E-state index contributed by atoms with van der Waals surface area (Å²) < 4.78 is 0. The van der Waals surface area contributed by atoms with Crippen molar-refractivity contribution in [3.05, 3.63) is 35.9 Å². The van der Waals surface area contributed by atoms with E-state index in [2.05, 4.69) is 6.07 Å². The molecule has 0 aromatic heterocycles. The van der Waals surface area contributed by atoms with Crippen LogP contribution in [0.1, 0.15) is 30.7 Å². The van der Waals surface area contributed by atoms with Crippen LogP contribution in [0.4, 0.5) is 0 Å². The molecule has 0 radical (unpaired) electrons. The van der Waals surface area contributed by atoms with Crippen LogP contribution in [0.5, 0.6) is 0 Å². The molecule has 17 heavy (non-hydrogen) atoms. The molecule has 0 saturated heterocycles. The summed E-state index contributed by atoms with van der Waals surface area (Å²) in [6.45, 7) is 0. The third-order valence-corrected chi connectivity index (χ3v) is 3.48. The molecular formula is C14H16N2O. The lowest BCUT2D eigenvalue weighted by atomic mass is 9.90. The lowest BCUT2D eigenvalue weighted by Crippen LogP contribution is -2.43. The predicted molar refractivity (Wildman–Crippen MR) is 65.2 cm³/mol. The summed E-state index contributed by atoms with van der Waals surface area (Å²) in [5.41, 5.74) is 0.783. The van der Waals surface area contributed by atoms with Gasteiger partial charge in [0.2, 0.25) is 5.91 Å². The van der Waals surface area contributed by atoms with Gasteiger partial charge in [0.05, 0.1) is 6.07 Å². The van der Waals surface area contributed by atoms with Crippen molar-refractivity contribution >= 4 is 5.91 Å². The summed E-state index contributed by atoms with van der Waals surface area (Å²) in [5.74, 6) is -0.745. The van der Waals surface area contributed by atoms with Crippen LogP contribution in [0.2, 0.25) is 0 Å². The average molecular weight is 228 g/mol. The molecule has 1 fully saturated rings. The number of nitriles is 1. The van der Waals surface area contributed by atoms with Crippen LogP contribution in [0, 0.1) is 11.3 Å². The molecule has 0 bridgehead atoms. The Morgan fingerprint density at radius 2 is 2.06 bits per heavy atom. The fourth-order valence-electron chi connectivity index (χ4n) is 2.08. The topological polar surface area (TPSA) is 44.1 Å². The number of rotatable bonds is 3. The molecule has 1 amide bonds. The van der Waals surface area contributed by atoms with E-state index in [4.69, 9.17) is 0 Å². The van der Waals surface area contributed by atoms with E-state index in [0.29, 0.717) is 6.04 Å². The first-order valence-electron chi connectivity index (χ1n) is 5.95. The molecule has 0 heterocycles. The maximum atomic E-state index is 12.2. The van der Waals surface area contributed by atoms with E-state index < -0.39 is 5.92 Å². The second kappa shape index (κ2) is 5.01. The van der Waals surface area contributed by atoms with Gasteiger partial charge >= 0.3 is 0 Å². The van der Waals surface area contributed by atoms with Crippen molar-refractivity contribution in [2.24, 2.45) is 0 Å². The maximum absolute atomic E-state index is 12.2. The highest BCUT2D eigenvalue weighted by Gasteiger charge is 2.30. The predicted octanol–water partition coefficient (Wildman–Crippen LogP) is 2.30. The standard InChI is InChI=1S/C14H16N2O/c1-16(12-8-5-9-12)14(17)13(10-15)11-6-3-2-4-7-11/h2-4,6-7,12-13H,5,8-9H2,1H3. The van der Waals surface area contributed by atoms with Crippen molar-refractivity contribution < 1.29 is 4.79 Å². The molecule has 1 saturated carbocycles. The first kappa shape index (κ1) is 11.7. The van der Waals surface area contributed by atoms with Crippen LogP contribution < -0.4 is 0 Å². The third kappa shape index (κ3) is 2.31. The van der Waals surface area contributed by atoms with Crippen molar-refractivity contribution in [3.63, 3.8) is 0 Å². The van der Waals surface area contributed by atoms with Crippen LogP contribution in [0.3, 0.4) is 0 Å². The fourth-order valence-corrected chi connectivity index (χ4v) is 2.08. The normalized spacial score (nSPS) is 16.7. The molecular weight excluding hydrogens is 212 g/mol. The molecule has 1 unspecified atom stereocenters. The Bertz CT molecular complexity index is 431. The summed E-state index contributed by atoms with van der Waals surface area (Å²) in [6.07, 6.45) is 3.31. The second-order valence-corrected chi connectivity index (χ2v) is 4.51. The van der Waals surface area contributed by atoms with Crippen molar-refractivity contribution in [2.45, 2.75) is 31.2 Å². The lowest BCUT2D eigenvalue weighted by molar-refractivity contribution is -0.133. The van der Waals surface area contributed by atoms with Crippen LogP contribution in [0.25, 0.3) is 0 Å².